The van der Waals surface area contributed by atoms with Crippen LogP contribution >= 0.6 is 12.2 Å². The number of pyridine rings is 1. The Morgan fingerprint density at radius 3 is 2.94 bits per heavy atom. The highest BCUT2D eigenvalue weighted by Crippen LogP contribution is 2.02. The van der Waals surface area contributed by atoms with Crippen molar-refractivity contribution in [3.05, 3.63) is 58.3 Å². The normalized spacial score (nSPS) is 10.1. The SMILES string of the molecule is NC(=S)c1cc(Cn2ncccc2=O)ccn1. The van der Waals surface area contributed by atoms with E-state index in [2.05, 4.69) is 10.1 Å². The van der Waals surface area contributed by atoms with Crippen molar-refractivity contribution in [3.63, 3.8) is 0 Å². The topological polar surface area (TPSA) is 73.8 Å². The fourth-order valence-corrected chi connectivity index (χ4v) is 1.50. The highest BCUT2D eigenvalue weighted by molar-refractivity contribution is 7.80. The van der Waals surface area contributed by atoms with Gasteiger partial charge in [-0.15, -0.1) is 0 Å². The van der Waals surface area contributed by atoms with E-state index in [1.165, 1.54) is 10.7 Å². The first-order valence-electron chi connectivity index (χ1n) is 4.94. The monoisotopic (exact) mass is 246 g/mol. The van der Waals surface area contributed by atoms with Crippen LogP contribution in [0, 0.1) is 0 Å². The first-order valence-corrected chi connectivity index (χ1v) is 5.34. The minimum absolute atomic E-state index is 0.152. The van der Waals surface area contributed by atoms with Gasteiger partial charge in [0, 0.05) is 18.5 Å². The minimum Gasteiger partial charge on any atom is -0.388 e. The molecule has 0 radical (unpaired) electrons. The Kier molecular flexibility index (Phi) is 3.24. The Hall–Kier alpha value is -2.08. The summed E-state index contributed by atoms with van der Waals surface area (Å²) in [6.45, 7) is 0.373. The minimum atomic E-state index is -0.152. The Balaban J connectivity index is 2.31. The molecule has 2 aromatic heterocycles. The summed E-state index contributed by atoms with van der Waals surface area (Å²) in [6.07, 6.45) is 3.18. The number of nitrogens with two attached hydrogens (primary N) is 1. The van der Waals surface area contributed by atoms with Gasteiger partial charge in [-0.1, -0.05) is 12.2 Å². The number of hydrogen-bond donors (Lipinski definition) is 1. The first kappa shape index (κ1) is 11.4. The molecule has 0 amide bonds. The maximum atomic E-state index is 11.5. The van der Waals surface area contributed by atoms with Crippen molar-refractivity contribution in [2.75, 3.05) is 0 Å². The lowest BCUT2D eigenvalue weighted by molar-refractivity contribution is 0.638. The van der Waals surface area contributed by atoms with Gasteiger partial charge >= 0.3 is 0 Å². The molecule has 2 heterocycles. The summed E-state index contributed by atoms with van der Waals surface area (Å²) in [4.78, 5) is 15.7. The van der Waals surface area contributed by atoms with Crippen molar-refractivity contribution in [1.29, 1.82) is 0 Å². The van der Waals surface area contributed by atoms with Gasteiger partial charge in [0.25, 0.3) is 5.56 Å². The summed E-state index contributed by atoms with van der Waals surface area (Å²) in [6, 6.07) is 6.61. The Morgan fingerprint density at radius 2 is 2.24 bits per heavy atom. The molecule has 2 rings (SSSR count). The third-order valence-corrected chi connectivity index (χ3v) is 2.40. The van der Waals surface area contributed by atoms with E-state index < -0.39 is 0 Å². The molecule has 0 saturated heterocycles. The van der Waals surface area contributed by atoms with Crippen LogP contribution in [-0.2, 0) is 6.54 Å². The van der Waals surface area contributed by atoms with Crippen molar-refractivity contribution < 1.29 is 0 Å². The average Bonchev–Trinajstić information content (AvgIpc) is 2.32. The van der Waals surface area contributed by atoms with E-state index in [1.54, 1.807) is 30.6 Å². The Morgan fingerprint density at radius 1 is 1.41 bits per heavy atom. The standard InChI is InChI=1S/C11H10N4OS/c12-11(17)9-6-8(3-5-13-9)7-15-10(16)2-1-4-14-15/h1-6H,7H2,(H2,12,17). The Labute approximate surface area is 103 Å². The van der Waals surface area contributed by atoms with E-state index in [0.29, 0.717) is 12.2 Å². The molecule has 0 aliphatic rings. The van der Waals surface area contributed by atoms with Crippen molar-refractivity contribution in [2.45, 2.75) is 6.54 Å². The molecule has 2 aromatic rings. The molecule has 0 aromatic carbocycles. The maximum Gasteiger partial charge on any atom is 0.267 e. The van der Waals surface area contributed by atoms with Gasteiger partial charge < -0.3 is 5.73 Å². The lowest BCUT2D eigenvalue weighted by Gasteiger charge is -2.05. The van der Waals surface area contributed by atoms with Gasteiger partial charge in [-0.3, -0.25) is 9.78 Å². The molecule has 0 atom stereocenters. The maximum absolute atomic E-state index is 11.5. The van der Waals surface area contributed by atoms with Gasteiger partial charge in [-0.2, -0.15) is 5.10 Å². The van der Waals surface area contributed by atoms with Gasteiger partial charge in [0.2, 0.25) is 0 Å². The molecule has 0 fully saturated rings. The summed E-state index contributed by atoms with van der Waals surface area (Å²) in [5.74, 6) is 0. The van der Waals surface area contributed by atoms with Crippen LogP contribution in [0.5, 0.6) is 0 Å². The van der Waals surface area contributed by atoms with Crippen LogP contribution in [0.4, 0.5) is 0 Å². The van der Waals surface area contributed by atoms with Crippen molar-refractivity contribution in [3.8, 4) is 0 Å². The molecule has 0 spiro atoms. The second kappa shape index (κ2) is 4.84. The zero-order chi connectivity index (χ0) is 12.3. The van der Waals surface area contributed by atoms with Crippen LogP contribution in [0.2, 0.25) is 0 Å². The zero-order valence-electron chi connectivity index (χ0n) is 8.91. The largest absolute Gasteiger partial charge is 0.388 e. The zero-order valence-corrected chi connectivity index (χ0v) is 9.72. The van der Waals surface area contributed by atoms with Crippen molar-refractivity contribution in [1.82, 2.24) is 14.8 Å². The smallest absolute Gasteiger partial charge is 0.267 e. The second-order valence-electron chi connectivity index (χ2n) is 3.43. The van der Waals surface area contributed by atoms with Crippen LogP contribution in [0.25, 0.3) is 0 Å². The molecule has 86 valence electrons. The molecule has 2 N–H and O–H groups in total. The van der Waals surface area contributed by atoms with E-state index in [-0.39, 0.29) is 10.5 Å². The molecule has 17 heavy (non-hydrogen) atoms. The van der Waals surface area contributed by atoms with Crippen LogP contribution in [-0.4, -0.2) is 19.8 Å². The van der Waals surface area contributed by atoms with Gasteiger partial charge in [0.1, 0.15) is 4.99 Å². The molecule has 0 aliphatic carbocycles. The van der Waals surface area contributed by atoms with Gasteiger partial charge in [0.05, 0.1) is 12.2 Å². The number of nitrogens with zero attached hydrogens (tertiary/aromatic N) is 3. The quantitative estimate of drug-likeness (QED) is 0.790. The van der Waals surface area contributed by atoms with Crippen LogP contribution < -0.4 is 11.3 Å². The highest BCUT2D eigenvalue weighted by atomic mass is 32.1. The van der Waals surface area contributed by atoms with Crippen LogP contribution in [0.1, 0.15) is 11.3 Å². The fraction of sp³-hybridized carbons (Fsp3) is 0.0909. The molecule has 6 heteroatoms. The predicted molar refractivity (Wildman–Crippen MR) is 67.7 cm³/mol. The van der Waals surface area contributed by atoms with E-state index in [4.69, 9.17) is 18.0 Å². The molecular formula is C11H10N4OS. The molecular weight excluding hydrogens is 236 g/mol. The predicted octanol–water partition coefficient (Wildman–Crippen LogP) is 0.321. The number of thiocarbonyl (C=S) groups is 1. The summed E-state index contributed by atoms with van der Waals surface area (Å²) in [5.41, 5.74) is 6.76. The highest BCUT2D eigenvalue weighted by Gasteiger charge is 2.02. The molecule has 5 nitrogen and oxygen atoms in total. The number of aromatic nitrogens is 3. The summed E-state index contributed by atoms with van der Waals surface area (Å²) >= 11 is 4.84. The van der Waals surface area contributed by atoms with Gasteiger partial charge in [0.15, 0.2) is 0 Å². The molecule has 0 bridgehead atoms. The molecule has 0 unspecified atom stereocenters. The van der Waals surface area contributed by atoms with Crippen molar-refractivity contribution >= 4 is 17.2 Å². The third-order valence-electron chi connectivity index (χ3n) is 2.19. The summed E-state index contributed by atoms with van der Waals surface area (Å²) in [5, 5.41) is 3.97. The van der Waals surface area contributed by atoms with E-state index in [0.717, 1.165) is 5.56 Å². The molecule has 0 aliphatic heterocycles. The lowest BCUT2D eigenvalue weighted by atomic mass is 10.2. The first-order chi connectivity index (χ1) is 8.16. The summed E-state index contributed by atoms with van der Waals surface area (Å²) < 4.78 is 1.36. The van der Waals surface area contributed by atoms with Gasteiger partial charge in [-0.25, -0.2) is 4.68 Å². The van der Waals surface area contributed by atoms with E-state index in [1.807, 2.05) is 0 Å². The van der Waals surface area contributed by atoms with E-state index >= 15 is 0 Å². The van der Waals surface area contributed by atoms with Crippen LogP contribution in [0.15, 0.2) is 41.5 Å². The van der Waals surface area contributed by atoms with Gasteiger partial charge in [-0.05, 0) is 23.8 Å². The second-order valence-corrected chi connectivity index (χ2v) is 3.87. The average molecular weight is 246 g/mol. The molecule has 0 saturated carbocycles. The summed E-state index contributed by atoms with van der Waals surface area (Å²) in [7, 11) is 0. The number of rotatable bonds is 3. The van der Waals surface area contributed by atoms with Crippen molar-refractivity contribution in [2.24, 2.45) is 5.73 Å². The third kappa shape index (κ3) is 2.73. The van der Waals surface area contributed by atoms with Crippen LogP contribution in [0.3, 0.4) is 0 Å². The van der Waals surface area contributed by atoms with E-state index in [9.17, 15) is 4.79 Å². The number of hydrogen-bond acceptors (Lipinski definition) is 4. The lowest BCUT2D eigenvalue weighted by Crippen LogP contribution is -2.22. The fourth-order valence-electron chi connectivity index (χ4n) is 1.39. The Bertz CT molecular complexity index is 608.